The van der Waals surface area contributed by atoms with E-state index in [1.165, 1.54) is 51.4 Å². The lowest BCUT2D eigenvalue weighted by Crippen LogP contribution is -2.41. The zero-order valence-corrected chi connectivity index (χ0v) is 13.9. The molecule has 0 rings (SSSR count). The molecule has 120 valence electrons. The first-order valence-corrected chi connectivity index (χ1v) is 8.61. The third kappa shape index (κ3) is 12.5. The maximum atomic E-state index is 11.7. The fourth-order valence-electron chi connectivity index (χ4n) is 2.39. The molecule has 0 aliphatic rings. The van der Waals surface area contributed by atoms with Gasteiger partial charge in [-0.15, -0.1) is 0 Å². The second-order valence-electron chi connectivity index (χ2n) is 6.36. The van der Waals surface area contributed by atoms with E-state index in [1.807, 2.05) is 0 Å². The molecule has 0 heterocycles. The van der Waals surface area contributed by atoms with Gasteiger partial charge in [0.25, 0.3) is 0 Å². The van der Waals surface area contributed by atoms with Crippen LogP contribution in [0.4, 0.5) is 0 Å². The molecule has 0 saturated heterocycles. The van der Waals surface area contributed by atoms with Crippen molar-refractivity contribution in [2.24, 2.45) is 11.7 Å². The Labute approximate surface area is 126 Å². The average molecular weight is 284 g/mol. The van der Waals surface area contributed by atoms with Gasteiger partial charge in [-0.25, -0.2) is 0 Å². The Morgan fingerprint density at radius 2 is 1.45 bits per heavy atom. The van der Waals surface area contributed by atoms with E-state index in [9.17, 15) is 4.79 Å². The molecule has 0 aliphatic heterocycles. The molecule has 0 saturated carbocycles. The van der Waals surface area contributed by atoms with Gasteiger partial charge in [0.1, 0.15) is 0 Å². The normalized spacial score (nSPS) is 12.7. The number of hydrogen-bond acceptors (Lipinski definition) is 2. The lowest BCUT2D eigenvalue weighted by molar-refractivity contribution is -0.122. The van der Waals surface area contributed by atoms with Gasteiger partial charge < -0.3 is 11.1 Å². The molecule has 0 aromatic heterocycles. The Morgan fingerprint density at radius 1 is 0.950 bits per heavy atom. The van der Waals surface area contributed by atoms with Gasteiger partial charge in [-0.2, -0.15) is 0 Å². The fourth-order valence-corrected chi connectivity index (χ4v) is 2.39. The van der Waals surface area contributed by atoms with Crippen molar-refractivity contribution in [3.63, 3.8) is 0 Å². The molecule has 3 nitrogen and oxygen atoms in total. The molecule has 0 spiro atoms. The average Bonchev–Trinajstić information content (AvgIpc) is 2.39. The summed E-state index contributed by atoms with van der Waals surface area (Å²) in [7, 11) is 0. The zero-order chi connectivity index (χ0) is 15.2. The second-order valence-corrected chi connectivity index (χ2v) is 6.36. The van der Waals surface area contributed by atoms with Crippen molar-refractivity contribution < 1.29 is 4.79 Å². The Morgan fingerprint density at radius 3 is 1.95 bits per heavy atom. The van der Waals surface area contributed by atoms with Crippen molar-refractivity contribution in [3.05, 3.63) is 0 Å². The monoisotopic (exact) mass is 284 g/mol. The van der Waals surface area contributed by atoms with Crippen LogP contribution in [0.5, 0.6) is 0 Å². The highest BCUT2D eigenvalue weighted by Gasteiger charge is 2.13. The summed E-state index contributed by atoms with van der Waals surface area (Å²) in [6.45, 7) is 7.21. The zero-order valence-electron chi connectivity index (χ0n) is 13.9. The predicted molar refractivity (Wildman–Crippen MR) is 87.7 cm³/mol. The Bertz CT molecular complexity index is 229. The van der Waals surface area contributed by atoms with Crippen LogP contribution in [0.15, 0.2) is 0 Å². The summed E-state index contributed by atoms with van der Waals surface area (Å²) in [5.41, 5.74) is 5.83. The van der Waals surface area contributed by atoms with Gasteiger partial charge in [0, 0.05) is 6.54 Å². The molecule has 0 fully saturated rings. The van der Waals surface area contributed by atoms with Crippen LogP contribution in [-0.2, 0) is 4.79 Å². The van der Waals surface area contributed by atoms with Crippen molar-refractivity contribution in [2.45, 2.75) is 91.0 Å². The SMILES string of the molecule is CCCCCCCCCCCNC(=O)[C@@H](N)CC(C)C. The van der Waals surface area contributed by atoms with Gasteiger partial charge in [0.05, 0.1) is 6.04 Å². The fraction of sp³-hybridized carbons (Fsp3) is 0.941. The van der Waals surface area contributed by atoms with Crippen molar-refractivity contribution in [1.82, 2.24) is 5.32 Å². The van der Waals surface area contributed by atoms with Crippen molar-refractivity contribution in [2.75, 3.05) is 6.54 Å². The number of unbranched alkanes of at least 4 members (excludes halogenated alkanes) is 8. The van der Waals surface area contributed by atoms with Crippen LogP contribution in [0.2, 0.25) is 0 Å². The van der Waals surface area contributed by atoms with Crippen molar-refractivity contribution in [1.29, 1.82) is 0 Å². The molecule has 1 atom stereocenters. The predicted octanol–water partition coefficient (Wildman–Crippen LogP) is 4.01. The van der Waals surface area contributed by atoms with Crippen LogP contribution >= 0.6 is 0 Å². The van der Waals surface area contributed by atoms with Crippen LogP contribution in [0.1, 0.15) is 85.0 Å². The third-order valence-electron chi connectivity index (χ3n) is 3.64. The number of amides is 1. The van der Waals surface area contributed by atoms with E-state index in [0.717, 1.165) is 19.4 Å². The van der Waals surface area contributed by atoms with Gasteiger partial charge in [-0.3, -0.25) is 4.79 Å². The minimum Gasteiger partial charge on any atom is -0.355 e. The van der Waals surface area contributed by atoms with E-state index < -0.39 is 0 Å². The van der Waals surface area contributed by atoms with Gasteiger partial charge in [0.2, 0.25) is 5.91 Å². The summed E-state index contributed by atoms with van der Waals surface area (Å²) in [5, 5.41) is 2.94. The first kappa shape index (κ1) is 19.4. The molecule has 0 aliphatic carbocycles. The number of carbonyl (C=O) groups is 1. The van der Waals surface area contributed by atoms with Gasteiger partial charge in [0.15, 0.2) is 0 Å². The molecular formula is C17H36N2O. The molecule has 0 radical (unpaired) electrons. The van der Waals surface area contributed by atoms with E-state index in [1.54, 1.807) is 0 Å². The van der Waals surface area contributed by atoms with Crippen molar-refractivity contribution in [3.8, 4) is 0 Å². The maximum absolute atomic E-state index is 11.7. The van der Waals surface area contributed by atoms with Gasteiger partial charge in [-0.05, 0) is 18.8 Å². The van der Waals surface area contributed by atoms with Gasteiger partial charge in [-0.1, -0.05) is 72.1 Å². The topological polar surface area (TPSA) is 55.1 Å². The van der Waals surface area contributed by atoms with E-state index in [2.05, 4.69) is 26.1 Å². The summed E-state index contributed by atoms with van der Waals surface area (Å²) in [5.74, 6) is 0.488. The van der Waals surface area contributed by atoms with E-state index in [4.69, 9.17) is 5.73 Å². The summed E-state index contributed by atoms with van der Waals surface area (Å²) in [4.78, 5) is 11.7. The van der Waals surface area contributed by atoms with E-state index >= 15 is 0 Å². The quantitative estimate of drug-likeness (QED) is 0.502. The molecule has 0 aromatic rings. The molecule has 0 bridgehead atoms. The molecule has 1 amide bonds. The van der Waals surface area contributed by atoms with Crippen LogP contribution in [-0.4, -0.2) is 18.5 Å². The number of nitrogens with one attached hydrogen (secondary N) is 1. The minimum absolute atomic E-state index is 0.0123. The lowest BCUT2D eigenvalue weighted by atomic mass is 10.0. The Balaban J connectivity index is 3.29. The lowest BCUT2D eigenvalue weighted by Gasteiger charge is -2.14. The first-order valence-electron chi connectivity index (χ1n) is 8.61. The molecule has 3 heteroatoms. The minimum atomic E-state index is -0.339. The largest absolute Gasteiger partial charge is 0.355 e. The first-order chi connectivity index (χ1) is 9.57. The number of rotatable bonds is 13. The summed E-state index contributed by atoms with van der Waals surface area (Å²) in [6.07, 6.45) is 12.5. The molecule has 20 heavy (non-hydrogen) atoms. The number of nitrogens with two attached hydrogens (primary N) is 1. The summed E-state index contributed by atoms with van der Waals surface area (Å²) < 4.78 is 0. The van der Waals surface area contributed by atoms with Crippen LogP contribution in [0, 0.1) is 5.92 Å². The van der Waals surface area contributed by atoms with Gasteiger partial charge >= 0.3 is 0 Å². The highest BCUT2D eigenvalue weighted by Crippen LogP contribution is 2.09. The van der Waals surface area contributed by atoms with E-state index in [0.29, 0.717) is 5.92 Å². The molecule has 0 unspecified atom stereocenters. The van der Waals surface area contributed by atoms with Crippen LogP contribution < -0.4 is 11.1 Å². The van der Waals surface area contributed by atoms with Crippen molar-refractivity contribution >= 4 is 5.91 Å². The van der Waals surface area contributed by atoms with E-state index in [-0.39, 0.29) is 11.9 Å². The Kier molecular flexibility index (Phi) is 13.0. The molecule has 0 aromatic carbocycles. The molecular weight excluding hydrogens is 248 g/mol. The number of hydrogen-bond donors (Lipinski definition) is 2. The summed E-state index contributed by atoms with van der Waals surface area (Å²) >= 11 is 0. The Hall–Kier alpha value is -0.570. The maximum Gasteiger partial charge on any atom is 0.236 e. The highest BCUT2D eigenvalue weighted by molar-refractivity contribution is 5.81. The van der Waals surface area contributed by atoms with Crippen LogP contribution in [0.3, 0.4) is 0 Å². The smallest absolute Gasteiger partial charge is 0.236 e. The second kappa shape index (κ2) is 13.4. The highest BCUT2D eigenvalue weighted by atomic mass is 16.2. The van der Waals surface area contributed by atoms with Crippen LogP contribution in [0.25, 0.3) is 0 Å². The number of carbonyl (C=O) groups excluding carboxylic acids is 1. The molecule has 3 N–H and O–H groups in total. The standard InChI is InChI=1S/C17H36N2O/c1-4-5-6-7-8-9-10-11-12-13-19-17(20)16(18)14-15(2)3/h15-16H,4-14,18H2,1-3H3,(H,19,20)/t16-/m0/s1. The summed E-state index contributed by atoms with van der Waals surface area (Å²) in [6, 6.07) is -0.339. The third-order valence-corrected chi connectivity index (χ3v) is 3.64.